The minimum Gasteiger partial charge on any atom is -0.542 e. The predicted octanol–water partition coefficient (Wildman–Crippen LogP) is 7.13. The Kier molecular flexibility index (Phi) is 9.43. The molecule has 2 aromatic carbocycles. The first kappa shape index (κ1) is 31.0. The fourth-order valence-corrected chi connectivity index (χ4v) is 6.00. The summed E-state index contributed by atoms with van der Waals surface area (Å²) >= 11 is 0. The van der Waals surface area contributed by atoms with Crippen molar-refractivity contribution in [3.8, 4) is 11.5 Å². The minimum atomic E-state index is -2.33. The Bertz CT molecular complexity index is 1130. The first-order valence-corrected chi connectivity index (χ1v) is 21.9. The van der Waals surface area contributed by atoms with Gasteiger partial charge in [0.25, 0.3) is 5.91 Å². The van der Waals surface area contributed by atoms with Crippen LogP contribution in [0.25, 0.3) is 0 Å². The highest BCUT2D eigenvalue weighted by atomic mass is 28.4. The molecule has 1 amide bonds. The molecule has 206 valence electrons. The summed E-state index contributed by atoms with van der Waals surface area (Å²) in [6.45, 7) is 17.6. The smallest absolute Gasteiger partial charge is 0.257 e. The second kappa shape index (κ2) is 11.3. The number of halogens is 5. The second-order valence-corrected chi connectivity index (χ2v) is 24.8. The van der Waals surface area contributed by atoms with Gasteiger partial charge in [-0.3, -0.25) is 4.79 Å². The van der Waals surface area contributed by atoms with E-state index in [0.29, 0.717) is 17.1 Å². The molecular formula is C24H34F5NO4Si3. The lowest BCUT2D eigenvalue weighted by Gasteiger charge is -2.30. The van der Waals surface area contributed by atoms with Crippen LogP contribution in [0.5, 0.6) is 11.5 Å². The third kappa shape index (κ3) is 8.65. The zero-order valence-corrected chi connectivity index (χ0v) is 25.5. The molecule has 0 saturated heterocycles. The van der Waals surface area contributed by atoms with Gasteiger partial charge in [-0.05, 0) is 76.6 Å². The zero-order chi connectivity index (χ0) is 28.5. The van der Waals surface area contributed by atoms with Crippen LogP contribution in [0.2, 0.25) is 58.9 Å². The Balaban J connectivity index is 2.45. The van der Waals surface area contributed by atoms with Crippen LogP contribution in [0.15, 0.2) is 18.2 Å². The number of hydrogen-bond donors (Lipinski definition) is 1. The van der Waals surface area contributed by atoms with Crippen LogP contribution in [0.1, 0.15) is 22.0 Å². The van der Waals surface area contributed by atoms with Gasteiger partial charge >= 0.3 is 0 Å². The molecule has 1 atom stereocenters. The maximum Gasteiger partial charge on any atom is 0.257 e. The summed E-state index contributed by atoms with van der Waals surface area (Å²) in [5, 5.41) is 2.26. The Labute approximate surface area is 217 Å². The minimum absolute atomic E-state index is 0.288. The third-order valence-electron chi connectivity index (χ3n) is 4.55. The van der Waals surface area contributed by atoms with Gasteiger partial charge in [-0.25, -0.2) is 22.0 Å². The predicted molar refractivity (Wildman–Crippen MR) is 140 cm³/mol. The average molecular weight is 580 g/mol. The molecular weight excluding hydrogens is 546 g/mol. The van der Waals surface area contributed by atoms with E-state index in [9.17, 15) is 26.7 Å². The third-order valence-corrected chi connectivity index (χ3v) is 7.21. The van der Waals surface area contributed by atoms with Gasteiger partial charge < -0.3 is 18.6 Å². The van der Waals surface area contributed by atoms with E-state index in [1.54, 1.807) is 18.2 Å². The molecule has 0 aliphatic carbocycles. The summed E-state index contributed by atoms with van der Waals surface area (Å²) in [6, 6.07) is 5.22. The van der Waals surface area contributed by atoms with Crippen molar-refractivity contribution in [1.29, 1.82) is 0 Å². The SMILES string of the molecule is C[Si](C)(C)Oc1ccc(C(CNC(=O)c2c(F)c(F)c(F)c(F)c2F)O[Si](C)(C)C)cc1O[Si](C)(C)C. The van der Waals surface area contributed by atoms with Gasteiger partial charge in [0.05, 0.1) is 6.10 Å². The Hall–Kier alpha value is -2.23. The summed E-state index contributed by atoms with van der Waals surface area (Å²) in [5.74, 6) is -11.5. The molecule has 0 radical (unpaired) electrons. The topological polar surface area (TPSA) is 56.8 Å². The van der Waals surface area contributed by atoms with E-state index < -0.39 is 71.6 Å². The number of nitrogens with one attached hydrogen (secondary N) is 1. The van der Waals surface area contributed by atoms with E-state index in [-0.39, 0.29) is 6.54 Å². The van der Waals surface area contributed by atoms with Crippen molar-refractivity contribution in [2.24, 2.45) is 0 Å². The average Bonchev–Trinajstić information content (AvgIpc) is 2.72. The molecule has 37 heavy (non-hydrogen) atoms. The highest BCUT2D eigenvalue weighted by Crippen LogP contribution is 2.36. The van der Waals surface area contributed by atoms with Crippen molar-refractivity contribution < 1.29 is 40.0 Å². The highest BCUT2D eigenvalue weighted by Gasteiger charge is 2.31. The molecule has 1 unspecified atom stereocenters. The lowest BCUT2D eigenvalue weighted by Crippen LogP contribution is -2.36. The van der Waals surface area contributed by atoms with Gasteiger partial charge in [-0.1, -0.05) is 6.07 Å². The van der Waals surface area contributed by atoms with E-state index >= 15 is 0 Å². The van der Waals surface area contributed by atoms with Crippen molar-refractivity contribution in [2.75, 3.05) is 6.54 Å². The Morgan fingerprint density at radius 2 is 1.19 bits per heavy atom. The van der Waals surface area contributed by atoms with Crippen molar-refractivity contribution >= 4 is 30.9 Å². The maximum atomic E-state index is 14.1. The first-order chi connectivity index (χ1) is 16.7. The van der Waals surface area contributed by atoms with E-state index in [1.807, 2.05) is 58.9 Å². The van der Waals surface area contributed by atoms with Gasteiger partial charge in [-0.2, -0.15) is 0 Å². The fourth-order valence-electron chi connectivity index (χ4n) is 3.28. The summed E-state index contributed by atoms with van der Waals surface area (Å²) in [7, 11) is -6.30. The molecule has 0 fully saturated rings. The first-order valence-electron chi connectivity index (χ1n) is 11.7. The van der Waals surface area contributed by atoms with E-state index in [1.165, 1.54) is 0 Å². The zero-order valence-electron chi connectivity index (χ0n) is 22.5. The molecule has 0 aliphatic rings. The van der Waals surface area contributed by atoms with Crippen LogP contribution in [0.3, 0.4) is 0 Å². The second-order valence-electron chi connectivity index (χ2n) is 11.5. The van der Waals surface area contributed by atoms with Gasteiger partial charge in [0.2, 0.25) is 22.5 Å². The molecule has 0 spiro atoms. The van der Waals surface area contributed by atoms with Crippen LogP contribution in [0, 0.1) is 29.1 Å². The number of benzene rings is 2. The number of carbonyl (C=O) groups excluding carboxylic acids is 1. The van der Waals surface area contributed by atoms with Crippen molar-refractivity contribution in [1.82, 2.24) is 5.32 Å². The number of hydrogen-bond acceptors (Lipinski definition) is 4. The normalized spacial score (nSPS) is 13.4. The van der Waals surface area contributed by atoms with Gasteiger partial charge in [0, 0.05) is 6.54 Å². The van der Waals surface area contributed by atoms with E-state index in [2.05, 4.69) is 5.32 Å². The summed E-state index contributed by atoms with van der Waals surface area (Å²) in [4.78, 5) is 12.5. The van der Waals surface area contributed by atoms with E-state index in [0.717, 1.165) is 0 Å². The molecule has 0 aliphatic heterocycles. The van der Waals surface area contributed by atoms with Gasteiger partial charge in [0.15, 0.2) is 31.6 Å². The Morgan fingerprint density at radius 3 is 1.65 bits per heavy atom. The standard InChI is InChI=1S/C24H34F5NO4Si3/c1-35(2,3)32-15-11-10-14(12-16(15)33-36(4,5)6)17(34-37(7,8)9)13-30-24(31)18-19(25)21(27)23(29)22(28)20(18)26/h10-12,17H,13H2,1-9H3,(H,30,31). The number of amides is 1. The van der Waals surface area contributed by atoms with Crippen molar-refractivity contribution in [3.05, 3.63) is 58.4 Å². The quantitative estimate of drug-likeness (QED) is 0.141. The van der Waals surface area contributed by atoms with Crippen molar-refractivity contribution in [2.45, 2.75) is 65.0 Å². The van der Waals surface area contributed by atoms with Crippen LogP contribution >= 0.6 is 0 Å². The largest absolute Gasteiger partial charge is 0.542 e. The number of rotatable bonds is 10. The van der Waals surface area contributed by atoms with Crippen LogP contribution in [-0.2, 0) is 4.43 Å². The number of carbonyl (C=O) groups is 1. The maximum absolute atomic E-state index is 14.1. The van der Waals surface area contributed by atoms with E-state index in [4.69, 9.17) is 13.3 Å². The van der Waals surface area contributed by atoms with Crippen LogP contribution in [-0.4, -0.2) is 37.4 Å². The molecule has 2 aromatic rings. The Morgan fingerprint density at radius 1 is 0.730 bits per heavy atom. The molecule has 0 heterocycles. The van der Waals surface area contributed by atoms with Crippen LogP contribution < -0.4 is 14.2 Å². The van der Waals surface area contributed by atoms with Gasteiger partial charge in [0.1, 0.15) is 17.1 Å². The highest BCUT2D eigenvalue weighted by molar-refractivity contribution is 6.71. The summed E-state index contributed by atoms with van der Waals surface area (Å²) in [6.07, 6.45) is -0.790. The molecule has 0 saturated carbocycles. The summed E-state index contributed by atoms with van der Waals surface area (Å²) < 4.78 is 87.5. The fraction of sp³-hybridized carbons (Fsp3) is 0.458. The molecule has 0 aromatic heterocycles. The molecule has 1 N–H and O–H groups in total. The molecule has 13 heteroatoms. The molecule has 0 bridgehead atoms. The lowest BCUT2D eigenvalue weighted by atomic mass is 10.1. The van der Waals surface area contributed by atoms with Crippen molar-refractivity contribution in [3.63, 3.8) is 0 Å². The lowest BCUT2D eigenvalue weighted by molar-refractivity contribution is 0.0912. The summed E-state index contributed by atoms with van der Waals surface area (Å²) in [5.41, 5.74) is -0.957. The molecule has 2 rings (SSSR count). The van der Waals surface area contributed by atoms with Gasteiger partial charge in [-0.15, -0.1) is 0 Å². The monoisotopic (exact) mass is 579 g/mol. The molecule has 5 nitrogen and oxygen atoms in total. The van der Waals surface area contributed by atoms with Crippen LogP contribution in [0.4, 0.5) is 22.0 Å².